The lowest BCUT2D eigenvalue weighted by Gasteiger charge is -2.05. The lowest BCUT2D eigenvalue weighted by Crippen LogP contribution is -2.08. The van der Waals surface area contributed by atoms with Gasteiger partial charge in [-0.3, -0.25) is 19.2 Å². The first-order valence-corrected chi connectivity index (χ1v) is 44.2. The number of carbonyl (C=O) groups is 4. The Labute approximate surface area is 591 Å². The molecule has 0 heterocycles. The summed E-state index contributed by atoms with van der Waals surface area (Å²) in [5.74, 6) is 0.00986. The van der Waals surface area contributed by atoms with Crippen LogP contribution in [0.3, 0.4) is 0 Å². The van der Waals surface area contributed by atoms with E-state index >= 15 is 0 Å². The van der Waals surface area contributed by atoms with E-state index in [2.05, 4.69) is 19.1 Å². The molecule has 0 saturated heterocycles. The third-order valence-corrected chi connectivity index (χ3v) is 21.4. The van der Waals surface area contributed by atoms with Crippen molar-refractivity contribution in [2.45, 2.75) is 540 Å². The molecule has 0 radical (unpaired) electrons. The molecule has 0 aromatic heterocycles. The summed E-state index contributed by atoms with van der Waals surface area (Å²) < 4.78 is 0. The van der Waals surface area contributed by atoms with Crippen molar-refractivity contribution in [3.05, 3.63) is 12.2 Å². The van der Waals surface area contributed by atoms with Gasteiger partial charge in [0, 0.05) is 39.0 Å². The molecule has 94 heavy (non-hydrogen) atoms. The molecular weight excluding hydrogens is 1140 g/mol. The van der Waals surface area contributed by atoms with Crippen LogP contribution in [0, 0.1) is 0 Å². The van der Waals surface area contributed by atoms with Crippen LogP contribution >= 0.6 is 0 Å². The van der Waals surface area contributed by atoms with Crippen molar-refractivity contribution in [3.8, 4) is 0 Å². The number of Topliss-reactive ketones (excluding diaryl/α,β-unsaturated/α-hetero) is 4. The van der Waals surface area contributed by atoms with E-state index in [0.29, 0.717) is 43.7 Å². The summed E-state index contributed by atoms with van der Waals surface area (Å²) in [4.78, 5) is 46.7. The Hall–Kier alpha value is -1.58. The number of hydrogen-bond acceptors (Lipinski definition) is 4. The van der Waals surface area contributed by atoms with Gasteiger partial charge >= 0.3 is 0 Å². The fourth-order valence-electron chi connectivity index (χ4n) is 14.7. The molecule has 0 aliphatic carbocycles. The Morgan fingerprint density at radius 2 is 0.319 bits per heavy atom. The third-order valence-electron chi connectivity index (χ3n) is 21.4. The van der Waals surface area contributed by atoms with Crippen molar-refractivity contribution in [3.63, 3.8) is 0 Å². The van der Waals surface area contributed by atoms with Crippen LogP contribution in [-0.2, 0) is 19.2 Å². The number of unbranched alkanes of at least 4 members (excludes halogenated alkanes) is 73. The Bertz CT molecular complexity index is 1510. The monoisotopic (exact) mass is 1320 g/mol. The highest BCUT2D eigenvalue weighted by atomic mass is 16.2. The van der Waals surface area contributed by atoms with Gasteiger partial charge in [0.05, 0.1) is 0 Å². The summed E-state index contributed by atoms with van der Waals surface area (Å²) in [7, 11) is 0. The van der Waals surface area contributed by atoms with E-state index in [9.17, 15) is 19.2 Å². The molecule has 0 aliphatic rings. The Balaban J connectivity index is 3.16. The molecule has 0 aliphatic heterocycles. The molecule has 4 heteroatoms. The largest absolute Gasteiger partial charge is 0.300 e. The number of ketones is 4. The Morgan fingerprint density at radius 1 is 0.170 bits per heavy atom. The molecule has 0 saturated carbocycles. The smallest absolute Gasteiger partial charge is 0.198 e. The van der Waals surface area contributed by atoms with Crippen LogP contribution in [0.15, 0.2) is 12.2 Å². The molecule has 0 rings (SSSR count). The van der Waals surface area contributed by atoms with Crippen LogP contribution in [0.2, 0.25) is 0 Å². The van der Waals surface area contributed by atoms with E-state index in [1.54, 1.807) is 0 Å². The van der Waals surface area contributed by atoms with Crippen LogP contribution in [0.4, 0.5) is 0 Å². The molecule has 0 fully saturated rings. The first-order chi connectivity index (χ1) is 46.5. The summed E-state index contributed by atoms with van der Waals surface area (Å²) in [6.07, 6.45) is 115. The summed E-state index contributed by atoms with van der Waals surface area (Å²) in [5.41, 5.74) is 0. The van der Waals surface area contributed by atoms with Gasteiger partial charge in [-0.1, -0.05) is 469 Å². The highest BCUT2D eigenvalue weighted by Crippen LogP contribution is 2.22. The fourth-order valence-corrected chi connectivity index (χ4v) is 14.7. The molecule has 0 amide bonds. The first kappa shape index (κ1) is 92.4. The highest BCUT2D eigenvalue weighted by molar-refractivity contribution is 6.36. The molecule has 0 atom stereocenters. The van der Waals surface area contributed by atoms with Gasteiger partial charge in [0.1, 0.15) is 11.6 Å². The fraction of sp³-hybridized carbons (Fsp3) is 0.933. The van der Waals surface area contributed by atoms with Crippen molar-refractivity contribution in [2.24, 2.45) is 0 Å². The third kappa shape index (κ3) is 82.8. The average Bonchev–Trinajstić information content (AvgIpc) is 3.70. The number of hydrogen-bond donors (Lipinski definition) is 0. The van der Waals surface area contributed by atoms with Gasteiger partial charge in [0.25, 0.3) is 0 Å². The van der Waals surface area contributed by atoms with E-state index < -0.39 is 0 Å². The van der Waals surface area contributed by atoms with Crippen molar-refractivity contribution < 1.29 is 19.2 Å². The topological polar surface area (TPSA) is 68.3 Å². The standard InChI is InChI=1S/C90H172O4/c1-3-4-5-6-7-8-9-10-11-12-13-14-15-16-17-18-19-20-21-22-23-24-25-26-27-28-29-30-31-32-33-34-35-36-37-38-39-40-41-42-43-44-45-46-47-48-49-50-51-52-53-54-55-56-57-58-59-60-61-62-63-64-65-66-67-68-69-70-71-72-73-77-82-88(92)84-79-76-80-85-89(93)83-78-74-75-81-86-90(94)87(2)91/h72-73H,3-71,74-86H2,1-2H3/b73-72+. The average molecular weight is 1320 g/mol. The van der Waals surface area contributed by atoms with Gasteiger partial charge in [-0.2, -0.15) is 0 Å². The minimum Gasteiger partial charge on any atom is -0.300 e. The van der Waals surface area contributed by atoms with Gasteiger partial charge in [0.2, 0.25) is 0 Å². The summed E-state index contributed by atoms with van der Waals surface area (Å²) in [6, 6.07) is 0. The van der Waals surface area contributed by atoms with Gasteiger partial charge in [0.15, 0.2) is 11.6 Å². The van der Waals surface area contributed by atoms with Crippen LogP contribution in [0.25, 0.3) is 0 Å². The van der Waals surface area contributed by atoms with Gasteiger partial charge in [-0.05, 0) is 44.9 Å². The van der Waals surface area contributed by atoms with Crippen LogP contribution < -0.4 is 0 Å². The van der Waals surface area contributed by atoms with Crippen molar-refractivity contribution in [2.75, 3.05) is 0 Å². The maximum atomic E-state index is 12.3. The summed E-state index contributed by atoms with van der Waals surface area (Å²) in [6.45, 7) is 3.64. The molecule has 0 aromatic carbocycles. The zero-order chi connectivity index (χ0) is 67.7. The van der Waals surface area contributed by atoms with Crippen molar-refractivity contribution >= 4 is 23.1 Å². The molecule has 0 spiro atoms. The Kier molecular flexibility index (Phi) is 82.4. The maximum absolute atomic E-state index is 12.3. The number of rotatable bonds is 86. The van der Waals surface area contributed by atoms with Gasteiger partial charge in [-0.15, -0.1) is 0 Å². The van der Waals surface area contributed by atoms with Gasteiger partial charge in [-0.25, -0.2) is 0 Å². The van der Waals surface area contributed by atoms with Crippen LogP contribution in [-0.4, -0.2) is 23.1 Å². The molecule has 0 unspecified atom stereocenters. The predicted molar refractivity (Wildman–Crippen MR) is 419 cm³/mol. The second-order valence-corrected chi connectivity index (χ2v) is 31.0. The normalized spacial score (nSPS) is 11.7. The molecule has 556 valence electrons. The zero-order valence-corrected chi connectivity index (χ0v) is 64.8. The minimum atomic E-state index is -0.359. The van der Waals surface area contributed by atoms with E-state index in [-0.39, 0.29) is 11.6 Å². The Morgan fingerprint density at radius 3 is 0.521 bits per heavy atom. The van der Waals surface area contributed by atoms with E-state index in [4.69, 9.17) is 0 Å². The maximum Gasteiger partial charge on any atom is 0.198 e. The molecular formula is C90H172O4. The summed E-state index contributed by atoms with van der Waals surface area (Å²) in [5, 5.41) is 0. The summed E-state index contributed by atoms with van der Waals surface area (Å²) >= 11 is 0. The van der Waals surface area contributed by atoms with E-state index in [1.807, 2.05) is 0 Å². The molecule has 0 bridgehead atoms. The lowest BCUT2D eigenvalue weighted by atomic mass is 10.0. The molecule has 0 aromatic rings. The number of allylic oxidation sites excluding steroid dienone is 2. The first-order valence-electron chi connectivity index (χ1n) is 44.2. The number of carbonyl (C=O) groups excluding carboxylic acids is 4. The molecule has 4 nitrogen and oxygen atoms in total. The van der Waals surface area contributed by atoms with Gasteiger partial charge < -0.3 is 0 Å². The zero-order valence-electron chi connectivity index (χ0n) is 64.8. The van der Waals surface area contributed by atoms with Crippen molar-refractivity contribution in [1.29, 1.82) is 0 Å². The second-order valence-electron chi connectivity index (χ2n) is 31.0. The van der Waals surface area contributed by atoms with E-state index in [0.717, 1.165) is 57.8 Å². The predicted octanol–water partition coefficient (Wildman–Crippen LogP) is 31.8. The van der Waals surface area contributed by atoms with Crippen LogP contribution in [0.1, 0.15) is 540 Å². The SMILES string of the molecule is CCCCCCCCCCCCCCCCCCCCCCCCCCCCCCCCCCCCCCCCCCCCCCCCCCCCCCCCCCCCCCCCCCCCCC/C=C/CCC(=O)CCCCCC(=O)CCCCCCC(=O)C(C)=O. The van der Waals surface area contributed by atoms with E-state index in [1.165, 1.54) is 444 Å². The van der Waals surface area contributed by atoms with Crippen molar-refractivity contribution in [1.82, 2.24) is 0 Å². The minimum absolute atomic E-state index is 0.287. The lowest BCUT2D eigenvalue weighted by molar-refractivity contribution is -0.135. The quantitative estimate of drug-likeness (QED) is 0.0346. The second kappa shape index (κ2) is 83.8. The highest BCUT2D eigenvalue weighted by Gasteiger charge is 2.09. The molecule has 0 N–H and O–H groups in total. The van der Waals surface area contributed by atoms with Crippen LogP contribution in [0.5, 0.6) is 0 Å².